The van der Waals surface area contributed by atoms with Crippen LogP contribution in [-0.4, -0.2) is 47.5 Å². The van der Waals surface area contributed by atoms with Gasteiger partial charge in [-0.25, -0.2) is 9.97 Å². The first kappa shape index (κ1) is 19.4. The maximum absolute atomic E-state index is 5.48. The maximum atomic E-state index is 5.48. The number of aromatic amines is 1. The second-order valence-electron chi connectivity index (χ2n) is 7.24. The third kappa shape index (κ3) is 4.92. The number of nitrogens with zero attached hydrogens (tertiary/aromatic N) is 4. The van der Waals surface area contributed by atoms with Crippen molar-refractivity contribution >= 4 is 28.8 Å². The van der Waals surface area contributed by atoms with Crippen molar-refractivity contribution in [3.63, 3.8) is 0 Å². The molecule has 0 bridgehead atoms. The Balaban J connectivity index is 1.52. The predicted molar refractivity (Wildman–Crippen MR) is 118 cm³/mol. The second kappa shape index (κ2) is 9.52. The zero-order valence-corrected chi connectivity index (χ0v) is 16.9. The highest BCUT2D eigenvalue weighted by Gasteiger charge is 2.15. The average Bonchev–Trinajstić information content (AvgIpc) is 3.18. The molecule has 3 heterocycles. The number of aromatic nitrogens is 3. The van der Waals surface area contributed by atoms with E-state index in [1.807, 2.05) is 30.6 Å². The molecule has 0 radical (unpaired) electrons. The molecule has 0 unspecified atom stereocenters. The molecule has 2 N–H and O–H groups in total. The zero-order valence-electron chi connectivity index (χ0n) is 16.9. The van der Waals surface area contributed by atoms with E-state index in [9.17, 15) is 0 Å². The van der Waals surface area contributed by atoms with Crippen LogP contribution < -0.4 is 10.3 Å². The lowest BCUT2D eigenvalue weighted by Gasteiger charge is -2.28. The van der Waals surface area contributed by atoms with Gasteiger partial charge in [-0.1, -0.05) is 38.0 Å². The summed E-state index contributed by atoms with van der Waals surface area (Å²) in [6.07, 6.45) is 8.14. The Kier molecular flexibility index (Phi) is 6.36. The number of hydrazone groups is 1. The second-order valence-corrected chi connectivity index (χ2v) is 7.24. The summed E-state index contributed by atoms with van der Waals surface area (Å²) in [6.45, 7) is 5.37. The van der Waals surface area contributed by atoms with Crippen molar-refractivity contribution in [1.82, 2.24) is 15.0 Å². The van der Waals surface area contributed by atoms with Crippen LogP contribution in [-0.2, 0) is 11.2 Å². The minimum atomic E-state index is 0.726. The summed E-state index contributed by atoms with van der Waals surface area (Å²) < 4.78 is 5.48. The number of nitrogens with one attached hydrogen (secondary N) is 2. The number of hydrogen-bond acceptors (Lipinski definition) is 6. The van der Waals surface area contributed by atoms with E-state index in [-0.39, 0.29) is 0 Å². The molecule has 3 aromatic rings. The third-order valence-corrected chi connectivity index (χ3v) is 5.10. The summed E-state index contributed by atoms with van der Waals surface area (Å²) in [5, 5.41) is 5.58. The third-order valence-electron chi connectivity index (χ3n) is 5.10. The van der Waals surface area contributed by atoms with E-state index in [1.165, 1.54) is 12.8 Å². The van der Waals surface area contributed by atoms with Gasteiger partial charge in [-0.3, -0.25) is 5.43 Å². The molecule has 29 heavy (non-hydrogen) atoms. The van der Waals surface area contributed by atoms with E-state index in [2.05, 4.69) is 44.5 Å². The fourth-order valence-electron chi connectivity index (χ4n) is 3.51. The number of H-pyrrole nitrogens is 1. The highest BCUT2D eigenvalue weighted by Crippen LogP contribution is 2.19. The SMILES string of the molecule is CCCCCc1nc(N/N=C/c2c[nH]c3ccccc23)cc(N2CCOCC2)n1. The van der Waals surface area contributed by atoms with Crippen molar-refractivity contribution in [2.45, 2.75) is 32.6 Å². The number of benzene rings is 1. The van der Waals surface area contributed by atoms with E-state index < -0.39 is 0 Å². The monoisotopic (exact) mass is 392 g/mol. The van der Waals surface area contributed by atoms with Gasteiger partial charge in [-0.15, -0.1) is 0 Å². The van der Waals surface area contributed by atoms with Crippen LogP contribution in [0.5, 0.6) is 0 Å². The summed E-state index contributed by atoms with van der Waals surface area (Å²) in [5.74, 6) is 2.54. The number of unbranched alkanes of at least 4 members (excludes halogenated alkanes) is 2. The quantitative estimate of drug-likeness (QED) is 0.344. The van der Waals surface area contributed by atoms with Crippen molar-refractivity contribution in [3.8, 4) is 0 Å². The number of anilines is 2. The molecule has 1 fully saturated rings. The fraction of sp³-hybridized carbons (Fsp3) is 0.409. The molecular formula is C22H28N6O. The van der Waals surface area contributed by atoms with Crippen molar-refractivity contribution in [3.05, 3.63) is 47.9 Å². The van der Waals surface area contributed by atoms with Crippen LogP contribution in [0, 0.1) is 0 Å². The topological polar surface area (TPSA) is 78.4 Å². The molecule has 2 aromatic heterocycles. The Morgan fingerprint density at radius 2 is 2.07 bits per heavy atom. The van der Waals surface area contributed by atoms with Crippen LogP contribution in [0.1, 0.15) is 37.6 Å². The Morgan fingerprint density at radius 1 is 1.21 bits per heavy atom. The number of para-hydroxylation sites is 1. The van der Waals surface area contributed by atoms with E-state index in [0.29, 0.717) is 0 Å². The van der Waals surface area contributed by atoms with Crippen LogP contribution in [0.3, 0.4) is 0 Å². The number of hydrogen-bond donors (Lipinski definition) is 2. The van der Waals surface area contributed by atoms with E-state index in [0.717, 1.165) is 73.1 Å². The average molecular weight is 393 g/mol. The van der Waals surface area contributed by atoms with Crippen molar-refractivity contribution in [2.24, 2.45) is 5.10 Å². The maximum Gasteiger partial charge on any atom is 0.152 e. The molecule has 4 rings (SSSR count). The largest absolute Gasteiger partial charge is 0.378 e. The smallest absolute Gasteiger partial charge is 0.152 e. The molecule has 1 saturated heterocycles. The predicted octanol–water partition coefficient (Wildman–Crippen LogP) is 3.97. The van der Waals surface area contributed by atoms with Crippen LogP contribution in [0.15, 0.2) is 41.6 Å². The molecule has 0 atom stereocenters. The Hall–Kier alpha value is -2.93. The van der Waals surface area contributed by atoms with E-state index in [4.69, 9.17) is 9.72 Å². The first-order valence-corrected chi connectivity index (χ1v) is 10.4. The Morgan fingerprint density at radius 3 is 2.93 bits per heavy atom. The van der Waals surface area contributed by atoms with Gasteiger partial charge in [0.25, 0.3) is 0 Å². The number of fused-ring (bicyclic) bond motifs is 1. The number of aryl methyl sites for hydroxylation is 1. The van der Waals surface area contributed by atoms with Gasteiger partial charge >= 0.3 is 0 Å². The first-order valence-electron chi connectivity index (χ1n) is 10.4. The van der Waals surface area contributed by atoms with Gasteiger partial charge in [0.1, 0.15) is 11.6 Å². The lowest BCUT2D eigenvalue weighted by molar-refractivity contribution is 0.122. The molecule has 1 aliphatic rings. The first-order chi connectivity index (χ1) is 14.3. The van der Waals surface area contributed by atoms with Crippen LogP contribution in [0.2, 0.25) is 0 Å². The van der Waals surface area contributed by atoms with Crippen LogP contribution >= 0.6 is 0 Å². The lowest BCUT2D eigenvalue weighted by atomic mass is 10.2. The van der Waals surface area contributed by atoms with Gasteiger partial charge in [-0.2, -0.15) is 5.10 Å². The van der Waals surface area contributed by atoms with Crippen molar-refractivity contribution in [2.75, 3.05) is 36.6 Å². The molecule has 1 aromatic carbocycles. The molecule has 7 nitrogen and oxygen atoms in total. The van der Waals surface area contributed by atoms with E-state index in [1.54, 1.807) is 0 Å². The summed E-state index contributed by atoms with van der Waals surface area (Å²) in [5.41, 5.74) is 5.25. The van der Waals surface area contributed by atoms with Crippen LogP contribution in [0.4, 0.5) is 11.6 Å². The molecule has 0 aliphatic carbocycles. The highest BCUT2D eigenvalue weighted by atomic mass is 16.5. The standard InChI is InChI=1S/C22H28N6O/c1-2-3-4-9-20-25-21(14-22(26-20)28-10-12-29-13-11-28)27-24-16-17-15-23-19-8-6-5-7-18(17)19/h5-8,14-16,23H,2-4,9-13H2,1H3,(H,25,26,27)/b24-16+. The van der Waals surface area contributed by atoms with Gasteiger partial charge in [0.05, 0.1) is 19.4 Å². The fourth-order valence-corrected chi connectivity index (χ4v) is 3.51. The molecule has 0 saturated carbocycles. The summed E-state index contributed by atoms with van der Waals surface area (Å²) in [7, 11) is 0. The molecule has 152 valence electrons. The molecule has 7 heteroatoms. The van der Waals surface area contributed by atoms with Gasteiger partial charge in [0.2, 0.25) is 0 Å². The normalized spacial score (nSPS) is 14.7. The van der Waals surface area contributed by atoms with Gasteiger partial charge < -0.3 is 14.6 Å². The Bertz CT molecular complexity index is 961. The Labute approximate surface area is 171 Å². The molecule has 1 aliphatic heterocycles. The molecular weight excluding hydrogens is 364 g/mol. The van der Waals surface area contributed by atoms with Crippen molar-refractivity contribution in [1.29, 1.82) is 0 Å². The summed E-state index contributed by atoms with van der Waals surface area (Å²) in [4.78, 5) is 15.0. The summed E-state index contributed by atoms with van der Waals surface area (Å²) >= 11 is 0. The minimum Gasteiger partial charge on any atom is -0.378 e. The minimum absolute atomic E-state index is 0.726. The van der Waals surface area contributed by atoms with Gasteiger partial charge in [0, 0.05) is 48.2 Å². The van der Waals surface area contributed by atoms with Gasteiger partial charge in [0.15, 0.2) is 5.82 Å². The van der Waals surface area contributed by atoms with Gasteiger partial charge in [-0.05, 0) is 12.5 Å². The number of morpholine rings is 1. The highest BCUT2D eigenvalue weighted by molar-refractivity contribution is 5.99. The number of ether oxygens (including phenoxy) is 1. The molecule has 0 spiro atoms. The van der Waals surface area contributed by atoms with E-state index >= 15 is 0 Å². The summed E-state index contributed by atoms with van der Waals surface area (Å²) in [6, 6.07) is 10.2. The zero-order chi connectivity index (χ0) is 19.9. The van der Waals surface area contributed by atoms with Crippen molar-refractivity contribution < 1.29 is 4.74 Å². The van der Waals surface area contributed by atoms with Crippen LogP contribution in [0.25, 0.3) is 10.9 Å². The lowest BCUT2D eigenvalue weighted by Crippen LogP contribution is -2.37. The number of rotatable bonds is 8. The molecule has 0 amide bonds.